The predicted octanol–water partition coefficient (Wildman–Crippen LogP) is 1.58. The van der Waals surface area contributed by atoms with Gasteiger partial charge in [0.05, 0.1) is 0 Å². The lowest BCUT2D eigenvalue weighted by molar-refractivity contribution is -0.127. The summed E-state index contributed by atoms with van der Waals surface area (Å²) in [5, 5.41) is 0. The zero-order valence-electron chi connectivity index (χ0n) is 7.10. The Balaban J connectivity index is 2.36. The van der Waals surface area contributed by atoms with E-state index in [-0.39, 0.29) is 0 Å². The van der Waals surface area contributed by atoms with Gasteiger partial charge in [-0.15, -0.1) is 0 Å². The van der Waals surface area contributed by atoms with E-state index in [1.165, 1.54) is 0 Å². The molecule has 1 aliphatic rings. The highest BCUT2D eigenvalue weighted by molar-refractivity contribution is 5.78. The Hall–Kier alpha value is -0.790. The summed E-state index contributed by atoms with van der Waals surface area (Å²) in [6.45, 7) is 7.65. The molecule has 62 valence electrons. The quantitative estimate of drug-likeness (QED) is 0.564. The lowest BCUT2D eigenvalue weighted by Crippen LogP contribution is -2.26. The molecule has 0 aromatic rings. The van der Waals surface area contributed by atoms with Crippen molar-refractivity contribution in [1.82, 2.24) is 4.90 Å². The highest BCUT2D eigenvalue weighted by Gasteiger charge is 2.19. The molecule has 1 rings (SSSR count). The van der Waals surface area contributed by atoms with Gasteiger partial charge < -0.3 is 4.90 Å². The van der Waals surface area contributed by atoms with Crippen molar-refractivity contribution in [2.75, 3.05) is 13.1 Å². The minimum Gasteiger partial charge on any atom is -0.339 e. The summed E-state index contributed by atoms with van der Waals surface area (Å²) in [4.78, 5) is 13.0. The molecule has 0 aromatic carbocycles. The minimum atomic E-state index is 0.291. The second-order valence-corrected chi connectivity index (χ2v) is 3.02. The molecule has 1 aliphatic heterocycles. The predicted molar refractivity (Wildman–Crippen MR) is 45.2 cm³/mol. The molecule has 0 unspecified atom stereocenters. The van der Waals surface area contributed by atoms with Crippen molar-refractivity contribution in [2.45, 2.75) is 26.2 Å². The largest absolute Gasteiger partial charge is 0.339 e. The van der Waals surface area contributed by atoms with Gasteiger partial charge in [0.2, 0.25) is 5.91 Å². The second-order valence-electron chi connectivity index (χ2n) is 3.02. The van der Waals surface area contributed by atoms with Crippen molar-refractivity contribution >= 4 is 5.91 Å². The van der Waals surface area contributed by atoms with Gasteiger partial charge in [-0.05, 0) is 12.8 Å². The fraction of sp³-hybridized carbons (Fsp3) is 0.667. The Morgan fingerprint density at radius 2 is 2.45 bits per heavy atom. The lowest BCUT2D eigenvalue weighted by atomic mass is 10.2. The third-order valence-corrected chi connectivity index (χ3v) is 2.09. The molecule has 2 nitrogen and oxygen atoms in total. The van der Waals surface area contributed by atoms with Crippen molar-refractivity contribution in [3.63, 3.8) is 0 Å². The van der Waals surface area contributed by atoms with Crippen molar-refractivity contribution in [2.24, 2.45) is 0 Å². The molecule has 1 heterocycles. The number of nitrogens with zero attached hydrogens (tertiary/aromatic N) is 1. The highest BCUT2D eigenvalue weighted by Crippen LogP contribution is 2.11. The molecule has 0 aliphatic carbocycles. The van der Waals surface area contributed by atoms with Gasteiger partial charge in [-0.1, -0.05) is 19.1 Å². The lowest BCUT2D eigenvalue weighted by Gasteiger charge is -2.15. The molecule has 11 heavy (non-hydrogen) atoms. The topological polar surface area (TPSA) is 20.3 Å². The molecule has 0 spiro atoms. The Kier molecular flexibility index (Phi) is 2.69. The summed E-state index contributed by atoms with van der Waals surface area (Å²) in [6, 6.07) is 0. The first-order chi connectivity index (χ1) is 5.24. The van der Waals surface area contributed by atoms with Gasteiger partial charge in [0, 0.05) is 19.5 Å². The van der Waals surface area contributed by atoms with Gasteiger partial charge in [-0.25, -0.2) is 0 Å². The van der Waals surface area contributed by atoms with Crippen molar-refractivity contribution in [3.05, 3.63) is 12.2 Å². The molecule has 0 aromatic heterocycles. The maximum atomic E-state index is 11.1. The summed E-state index contributed by atoms with van der Waals surface area (Å²) in [6.07, 6.45) is 2.73. The molecule has 2 heteroatoms. The Bertz CT molecular complexity index is 174. The maximum Gasteiger partial charge on any atom is 0.222 e. The zero-order chi connectivity index (χ0) is 8.27. The molecular formula is C9H15NO. The van der Waals surface area contributed by atoms with Crippen LogP contribution in [0.3, 0.4) is 0 Å². The SMILES string of the molecule is C=C(CC)CN1CCCC1=O. The molecule has 0 bridgehead atoms. The fourth-order valence-corrected chi connectivity index (χ4v) is 1.25. The molecule has 0 N–H and O–H groups in total. The molecule has 1 amide bonds. The zero-order valence-corrected chi connectivity index (χ0v) is 7.10. The van der Waals surface area contributed by atoms with Crippen LogP contribution in [0.25, 0.3) is 0 Å². The Labute approximate surface area is 67.9 Å². The first-order valence-corrected chi connectivity index (χ1v) is 4.18. The van der Waals surface area contributed by atoms with Gasteiger partial charge in [0.15, 0.2) is 0 Å². The average Bonchev–Trinajstić information content (AvgIpc) is 2.37. The standard InChI is InChI=1S/C9H15NO/c1-3-8(2)7-10-6-4-5-9(10)11/h2-7H2,1H3. The van der Waals surface area contributed by atoms with E-state index in [0.717, 1.165) is 37.9 Å². The van der Waals surface area contributed by atoms with E-state index in [4.69, 9.17) is 0 Å². The van der Waals surface area contributed by atoms with Crippen LogP contribution in [-0.4, -0.2) is 23.9 Å². The van der Waals surface area contributed by atoms with Gasteiger partial charge in [0.25, 0.3) is 0 Å². The van der Waals surface area contributed by atoms with Gasteiger partial charge in [-0.2, -0.15) is 0 Å². The van der Waals surface area contributed by atoms with Crippen molar-refractivity contribution < 1.29 is 4.79 Å². The minimum absolute atomic E-state index is 0.291. The van der Waals surface area contributed by atoms with Gasteiger partial charge in [0.1, 0.15) is 0 Å². The molecule has 0 atom stereocenters. The summed E-state index contributed by atoms with van der Waals surface area (Å²) in [7, 11) is 0. The maximum absolute atomic E-state index is 11.1. The number of amides is 1. The van der Waals surface area contributed by atoms with E-state index >= 15 is 0 Å². The van der Waals surface area contributed by atoms with Crippen LogP contribution in [0, 0.1) is 0 Å². The Morgan fingerprint density at radius 3 is 2.91 bits per heavy atom. The van der Waals surface area contributed by atoms with E-state index < -0.39 is 0 Å². The number of carbonyl (C=O) groups excluding carboxylic acids is 1. The van der Waals surface area contributed by atoms with E-state index in [1.54, 1.807) is 0 Å². The Morgan fingerprint density at radius 1 is 1.73 bits per heavy atom. The van der Waals surface area contributed by atoms with E-state index in [0.29, 0.717) is 5.91 Å². The van der Waals surface area contributed by atoms with Gasteiger partial charge in [-0.3, -0.25) is 4.79 Å². The molecule has 1 saturated heterocycles. The molecular weight excluding hydrogens is 138 g/mol. The van der Waals surface area contributed by atoms with E-state index in [9.17, 15) is 4.79 Å². The number of hydrogen-bond donors (Lipinski definition) is 0. The summed E-state index contributed by atoms with van der Waals surface area (Å²) in [5.74, 6) is 0.291. The van der Waals surface area contributed by atoms with Crippen LogP contribution in [0.5, 0.6) is 0 Å². The van der Waals surface area contributed by atoms with Crippen LogP contribution in [0.4, 0.5) is 0 Å². The van der Waals surface area contributed by atoms with Crippen molar-refractivity contribution in [1.29, 1.82) is 0 Å². The smallest absolute Gasteiger partial charge is 0.222 e. The number of carbonyl (C=O) groups is 1. The second kappa shape index (κ2) is 3.56. The summed E-state index contributed by atoms with van der Waals surface area (Å²) in [5.41, 5.74) is 1.15. The normalized spacial score (nSPS) is 17.5. The van der Waals surface area contributed by atoms with Gasteiger partial charge >= 0.3 is 0 Å². The molecule has 0 radical (unpaired) electrons. The number of likely N-dealkylation sites (tertiary alicyclic amines) is 1. The highest BCUT2D eigenvalue weighted by atomic mass is 16.2. The third kappa shape index (κ3) is 2.07. The first-order valence-electron chi connectivity index (χ1n) is 4.18. The fourth-order valence-electron chi connectivity index (χ4n) is 1.25. The number of hydrogen-bond acceptors (Lipinski definition) is 1. The van der Waals surface area contributed by atoms with Crippen molar-refractivity contribution in [3.8, 4) is 0 Å². The monoisotopic (exact) mass is 153 g/mol. The van der Waals surface area contributed by atoms with Crippen LogP contribution >= 0.6 is 0 Å². The van der Waals surface area contributed by atoms with Crippen LogP contribution in [-0.2, 0) is 4.79 Å². The molecule has 0 saturated carbocycles. The number of rotatable bonds is 3. The molecule has 1 fully saturated rings. The first kappa shape index (κ1) is 8.31. The average molecular weight is 153 g/mol. The summed E-state index contributed by atoms with van der Waals surface area (Å²) < 4.78 is 0. The van der Waals surface area contributed by atoms with E-state index in [2.05, 4.69) is 13.5 Å². The van der Waals surface area contributed by atoms with Crippen LogP contribution in [0.1, 0.15) is 26.2 Å². The van der Waals surface area contributed by atoms with Crippen LogP contribution < -0.4 is 0 Å². The van der Waals surface area contributed by atoms with Crippen LogP contribution in [0.15, 0.2) is 12.2 Å². The summed E-state index contributed by atoms with van der Waals surface area (Å²) >= 11 is 0. The third-order valence-electron chi connectivity index (χ3n) is 2.09. The van der Waals surface area contributed by atoms with E-state index in [1.807, 2.05) is 4.90 Å². The van der Waals surface area contributed by atoms with Crippen LogP contribution in [0.2, 0.25) is 0 Å².